The van der Waals surface area contributed by atoms with Gasteiger partial charge in [-0.3, -0.25) is 4.79 Å². The Morgan fingerprint density at radius 1 is 1.56 bits per heavy atom. The highest BCUT2D eigenvalue weighted by atomic mass is 32.2. The minimum Gasteiger partial charge on any atom is -0.409 e. The second kappa shape index (κ2) is 8.27. The molecule has 2 unspecified atom stereocenters. The van der Waals surface area contributed by atoms with Gasteiger partial charge in [0.2, 0.25) is 5.91 Å². The molecule has 2 atom stereocenters. The maximum atomic E-state index is 11.6. The van der Waals surface area contributed by atoms with E-state index in [0.29, 0.717) is 0 Å². The summed E-state index contributed by atoms with van der Waals surface area (Å²) in [6.07, 6.45) is 0.924. The van der Waals surface area contributed by atoms with Gasteiger partial charge in [-0.15, -0.1) is 0 Å². The predicted octanol–water partition coefficient (Wildman–Crippen LogP) is 1.02. The fraction of sp³-hybridized carbons (Fsp3) is 0.800. The Kier molecular flexibility index (Phi) is 7.80. The summed E-state index contributed by atoms with van der Waals surface area (Å²) in [6.45, 7) is 5.67. The van der Waals surface area contributed by atoms with E-state index in [9.17, 15) is 4.79 Å². The first-order chi connectivity index (χ1) is 7.52. The quantitative estimate of drug-likeness (QED) is 0.206. The van der Waals surface area contributed by atoms with Gasteiger partial charge >= 0.3 is 0 Å². The third kappa shape index (κ3) is 5.85. The van der Waals surface area contributed by atoms with E-state index in [1.165, 1.54) is 0 Å². The van der Waals surface area contributed by atoms with Gasteiger partial charge in [-0.25, -0.2) is 0 Å². The first-order valence-corrected chi connectivity index (χ1v) is 6.53. The van der Waals surface area contributed by atoms with E-state index in [-0.39, 0.29) is 17.8 Å². The van der Waals surface area contributed by atoms with Gasteiger partial charge in [-0.1, -0.05) is 12.1 Å². The van der Waals surface area contributed by atoms with Crippen LogP contribution in [0.2, 0.25) is 0 Å². The van der Waals surface area contributed by atoms with Crippen molar-refractivity contribution < 1.29 is 10.0 Å². The van der Waals surface area contributed by atoms with E-state index >= 15 is 0 Å². The number of nitrogens with one attached hydrogen (secondary N) is 1. The summed E-state index contributed by atoms with van der Waals surface area (Å²) in [7, 11) is 0. The van der Waals surface area contributed by atoms with Crippen LogP contribution < -0.4 is 11.1 Å². The molecule has 0 aliphatic carbocycles. The second-order valence-electron chi connectivity index (χ2n) is 3.64. The fourth-order valence-corrected chi connectivity index (χ4v) is 1.87. The van der Waals surface area contributed by atoms with Crippen molar-refractivity contribution in [3.8, 4) is 0 Å². The summed E-state index contributed by atoms with van der Waals surface area (Å²) in [5, 5.41) is 14.1. The molecule has 0 bridgehead atoms. The molecule has 0 aromatic heterocycles. The zero-order chi connectivity index (χ0) is 12.6. The molecule has 0 saturated heterocycles. The van der Waals surface area contributed by atoms with Gasteiger partial charge in [0, 0.05) is 6.04 Å². The lowest BCUT2D eigenvalue weighted by Gasteiger charge is -2.16. The molecule has 0 aliphatic rings. The van der Waals surface area contributed by atoms with Crippen LogP contribution in [0.25, 0.3) is 0 Å². The van der Waals surface area contributed by atoms with Crippen molar-refractivity contribution in [3.63, 3.8) is 0 Å². The number of rotatable bonds is 7. The van der Waals surface area contributed by atoms with Gasteiger partial charge < -0.3 is 16.3 Å². The highest BCUT2D eigenvalue weighted by molar-refractivity contribution is 7.99. The lowest BCUT2D eigenvalue weighted by atomic mass is 10.1. The second-order valence-corrected chi connectivity index (χ2v) is 5.04. The Morgan fingerprint density at radius 3 is 2.69 bits per heavy atom. The third-order valence-electron chi connectivity index (χ3n) is 2.24. The van der Waals surface area contributed by atoms with Crippen LogP contribution in [0.15, 0.2) is 5.16 Å². The van der Waals surface area contributed by atoms with Crippen LogP contribution in [-0.4, -0.2) is 34.5 Å². The molecule has 0 heterocycles. The zero-order valence-electron chi connectivity index (χ0n) is 10.1. The van der Waals surface area contributed by atoms with E-state index in [0.717, 1.165) is 17.9 Å². The molecule has 0 aromatic carbocycles. The van der Waals surface area contributed by atoms with Crippen LogP contribution in [0, 0.1) is 5.92 Å². The molecule has 5 nitrogen and oxygen atoms in total. The SMILES string of the molecule is CCSCCC(C)NC(=O)C(C)C(N)=NO. The van der Waals surface area contributed by atoms with Gasteiger partial charge in [0.05, 0.1) is 5.92 Å². The Morgan fingerprint density at radius 2 is 2.19 bits per heavy atom. The van der Waals surface area contributed by atoms with Gasteiger partial charge in [-0.05, 0) is 31.8 Å². The highest BCUT2D eigenvalue weighted by Gasteiger charge is 2.18. The van der Waals surface area contributed by atoms with Crippen molar-refractivity contribution in [1.82, 2.24) is 5.32 Å². The molecule has 94 valence electrons. The lowest BCUT2D eigenvalue weighted by molar-refractivity contribution is -0.123. The average molecular weight is 247 g/mol. The number of carbonyl (C=O) groups excluding carboxylic acids is 1. The Hall–Kier alpha value is -0.910. The van der Waals surface area contributed by atoms with Crippen LogP contribution >= 0.6 is 11.8 Å². The molecule has 0 fully saturated rings. The highest BCUT2D eigenvalue weighted by Crippen LogP contribution is 2.04. The number of hydrogen-bond donors (Lipinski definition) is 3. The largest absolute Gasteiger partial charge is 0.409 e. The molecular formula is C10H21N3O2S. The summed E-state index contributed by atoms with van der Waals surface area (Å²) in [4.78, 5) is 11.6. The smallest absolute Gasteiger partial charge is 0.230 e. The first kappa shape index (κ1) is 15.1. The van der Waals surface area contributed by atoms with Crippen molar-refractivity contribution in [2.75, 3.05) is 11.5 Å². The molecule has 0 spiro atoms. The van der Waals surface area contributed by atoms with Crippen molar-refractivity contribution in [1.29, 1.82) is 0 Å². The number of amides is 1. The summed E-state index contributed by atoms with van der Waals surface area (Å²) >= 11 is 1.84. The van der Waals surface area contributed by atoms with Gasteiger partial charge in [0.15, 0.2) is 5.84 Å². The molecule has 4 N–H and O–H groups in total. The average Bonchev–Trinajstić information content (AvgIpc) is 2.27. The number of nitrogens with zero attached hydrogens (tertiary/aromatic N) is 1. The number of amidine groups is 1. The predicted molar refractivity (Wildman–Crippen MR) is 67.8 cm³/mol. The number of oxime groups is 1. The first-order valence-electron chi connectivity index (χ1n) is 5.38. The molecule has 0 aromatic rings. The van der Waals surface area contributed by atoms with Crippen molar-refractivity contribution in [2.45, 2.75) is 33.2 Å². The standard InChI is InChI=1S/C10H21N3O2S/c1-4-16-6-5-7(2)12-10(14)8(3)9(11)13-15/h7-8,15H,4-6H2,1-3H3,(H2,11,13)(H,12,14). The molecule has 0 rings (SSSR count). The zero-order valence-corrected chi connectivity index (χ0v) is 10.9. The number of hydrogen-bond acceptors (Lipinski definition) is 4. The summed E-state index contributed by atoms with van der Waals surface area (Å²) in [5.41, 5.74) is 5.35. The molecule has 1 amide bonds. The van der Waals surface area contributed by atoms with Gasteiger partial charge in [0.1, 0.15) is 0 Å². The minimum atomic E-state index is -0.591. The summed E-state index contributed by atoms with van der Waals surface area (Å²) < 4.78 is 0. The van der Waals surface area contributed by atoms with Crippen LogP contribution in [0.5, 0.6) is 0 Å². The third-order valence-corrected chi connectivity index (χ3v) is 3.17. The molecular weight excluding hydrogens is 226 g/mol. The van der Waals surface area contributed by atoms with Crippen LogP contribution in [-0.2, 0) is 4.79 Å². The lowest BCUT2D eigenvalue weighted by Crippen LogP contribution is -2.41. The van der Waals surface area contributed by atoms with E-state index < -0.39 is 5.92 Å². The van der Waals surface area contributed by atoms with Crippen molar-refractivity contribution >= 4 is 23.5 Å². The summed E-state index contributed by atoms with van der Waals surface area (Å²) in [5.74, 6) is 1.25. The number of nitrogens with two attached hydrogens (primary N) is 1. The van der Waals surface area contributed by atoms with Crippen molar-refractivity contribution in [3.05, 3.63) is 0 Å². The Labute approximate surface area is 101 Å². The monoisotopic (exact) mass is 247 g/mol. The molecule has 0 radical (unpaired) electrons. The number of thioether (sulfide) groups is 1. The topological polar surface area (TPSA) is 87.7 Å². The minimum absolute atomic E-state index is 0.0624. The molecule has 0 saturated carbocycles. The Bertz CT molecular complexity index is 246. The van der Waals surface area contributed by atoms with Gasteiger partial charge in [-0.2, -0.15) is 11.8 Å². The maximum Gasteiger partial charge on any atom is 0.230 e. The molecule has 6 heteroatoms. The summed E-state index contributed by atoms with van der Waals surface area (Å²) in [6, 6.07) is 0.112. The van der Waals surface area contributed by atoms with E-state index in [1.807, 2.05) is 18.7 Å². The van der Waals surface area contributed by atoms with E-state index in [1.54, 1.807) is 6.92 Å². The fourth-order valence-electron chi connectivity index (χ4n) is 1.07. The normalized spacial score (nSPS) is 15.6. The van der Waals surface area contributed by atoms with Crippen LogP contribution in [0.1, 0.15) is 27.2 Å². The van der Waals surface area contributed by atoms with E-state index in [4.69, 9.17) is 10.9 Å². The van der Waals surface area contributed by atoms with Crippen LogP contribution in [0.3, 0.4) is 0 Å². The molecule has 16 heavy (non-hydrogen) atoms. The maximum absolute atomic E-state index is 11.6. The number of carbonyl (C=O) groups is 1. The van der Waals surface area contributed by atoms with Crippen molar-refractivity contribution in [2.24, 2.45) is 16.8 Å². The van der Waals surface area contributed by atoms with Gasteiger partial charge in [0.25, 0.3) is 0 Å². The van der Waals surface area contributed by atoms with Crippen LogP contribution in [0.4, 0.5) is 0 Å². The van der Waals surface area contributed by atoms with E-state index in [2.05, 4.69) is 17.4 Å². The Balaban J connectivity index is 3.94. The molecule has 0 aliphatic heterocycles.